The molecule has 0 saturated carbocycles. The third-order valence-electron chi connectivity index (χ3n) is 3.63. The number of hydrogen-bond donors (Lipinski definition) is 0. The van der Waals surface area contributed by atoms with Crippen molar-refractivity contribution in [2.75, 3.05) is 7.11 Å². The molecule has 0 aliphatic rings. The SMILES string of the molecule is COc1ccc(N=Cc2ccc(OCc3ccc(Br)cc3)cc2)cc1. The normalized spacial score (nSPS) is 10.8. The Hall–Kier alpha value is -2.59. The van der Waals surface area contributed by atoms with E-state index in [1.165, 1.54) is 0 Å². The Bertz CT molecular complexity index is 825. The number of nitrogens with zero attached hydrogens (tertiary/aromatic N) is 1. The average molecular weight is 396 g/mol. The quantitative estimate of drug-likeness (QED) is 0.494. The van der Waals surface area contributed by atoms with E-state index in [9.17, 15) is 0 Å². The molecule has 3 aromatic carbocycles. The predicted octanol–water partition coefficient (Wildman–Crippen LogP) is 5.79. The van der Waals surface area contributed by atoms with Crippen molar-refractivity contribution in [1.29, 1.82) is 0 Å². The van der Waals surface area contributed by atoms with Gasteiger partial charge in [-0.25, -0.2) is 0 Å². The Morgan fingerprint density at radius 1 is 0.840 bits per heavy atom. The van der Waals surface area contributed by atoms with Gasteiger partial charge in [0.1, 0.15) is 18.1 Å². The third kappa shape index (κ3) is 5.19. The maximum atomic E-state index is 5.80. The first-order valence-corrected chi connectivity index (χ1v) is 8.68. The molecule has 0 aliphatic carbocycles. The van der Waals surface area contributed by atoms with Crippen LogP contribution in [0, 0.1) is 0 Å². The summed E-state index contributed by atoms with van der Waals surface area (Å²) < 4.78 is 12.0. The highest BCUT2D eigenvalue weighted by Gasteiger charge is 1.97. The van der Waals surface area contributed by atoms with E-state index in [1.807, 2.05) is 79.0 Å². The fraction of sp³-hybridized carbons (Fsp3) is 0.0952. The molecule has 0 N–H and O–H groups in total. The number of methoxy groups -OCH3 is 1. The van der Waals surface area contributed by atoms with E-state index in [1.54, 1.807) is 7.11 Å². The van der Waals surface area contributed by atoms with Crippen molar-refractivity contribution in [3.8, 4) is 11.5 Å². The number of halogens is 1. The van der Waals surface area contributed by atoms with Crippen molar-refractivity contribution in [3.05, 3.63) is 88.4 Å². The maximum Gasteiger partial charge on any atom is 0.119 e. The Kier molecular flexibility index (Phi) is 5.86. The molecule has 0 atom stereocenters. The van der Waals surface area contributed by atoms with Crippen LogP contribution in [-0.2, 0) is 6.61 Å². The molecule has 25 heavy (non-hydrogen) atoms. The molecule has 0 heterocycles. The molecular formula is C21H18BrNO2. The second-order valence-corrected chi connectivity index (χ2v) is 6.36. The maximum absolute atomic E-state index is 5.80. The van der Waals surface area contributed by atoms with Gasteiger partial charge in [0.25, 0.3) is 0 Å². The highest BCUT2D eigenvalue weighted by Crippen LogP contribution is 2.19. The molecule has 0 saturated heterocycles. The molecule has 126 valence electrons. The minimum Gasteiger partial charge on any atom is -0.497 e. The Labute approximate surface area is 156 Å². The molecular weight excluding hydrogens is 378 g/mol. The van der Waals surface area contributed by atoms with Crippen molar-refractivity contribution in [1.82, 2.24) is 0 Å². The molecule has 0 bridgehead atoms. The van der Waals surface area contributed by atoms with Crippen molar-refractivity contribution >= 4 is 27.8 Å². The van der Waals surface area contributed by atoms with Gasteiger partial charge in [-0.1, -0.05) is 28.1 Å². The summed E-state index contributed by atoms with van der Waals surface area (Å²) in [6, 6.07) is 23.6. The Balaban J connectivity index is 1.57. The van der Waals surface area contributed by atoms with Gasteiger partial charge < -0.3 is 9.47 Å². The first kappa shape index (κ1) is 17.2. The van der Waals surface area contributed by atoms with Gasteiger partial charge in [-0.2, -0.15) is 0 Å². The van der Waals surface area contributed by atoms with Gasteiger partial charge >= 0.3 is 0 Å². The summed E-state index contributed by atoms with van der Waals surface area (Å²) in [4.78, 5) is 4.46. The van der Waals surface area contributed by atoms with Crippen LogP contribution in [0.3, 0.4) is 0 Å². The lowest BCUT2D eigenvalue weighted by Crippen LogP contribution is -1.95. The van der Waals surface area contributed by atoms with Gasteiger partial charge in [0.15, 0.2) is 0 Å². The average Bonchev–Trinajstić information content (AvgIpc) is 2.67. The number of aliphatic imine (C=N–C) groups is 1. The van der Waals surface area contributed by atoms with Crippen LogP contribution in [0.1, 0.15) is 11.1 Å². The number of benzene rings is 3. The van der Waals surface area contributed by atoms with Gasteiger partial charge in [-0.3, -0.25) is 4.99 Å². The Morgan fingerprint density at radius 3 is 2.12 bits per heavy atom. The van der Waals surface area contributed by atoms with Crippen LogP contribution in [0.25, 0.3) is 0 Å². The zero-order valence-corrected chi connectivity index (χ0v) is 15.4. The van der Waals surface area contributed by atoms with Crippen molar-refractivity contribution in [2.24, 2.45) is 4.99 Å². The van der Waals surface area contributed by atoms with Crippen LogP contribution < -0.4 is 9.47 Å². The molecule has 3 nitrogen and oxygen atoms in total. The van der Waals surface area contributed by atoms with E-state index in [0.29, 0.717) is 6.61 Å². The second-order valence-electron chi connectivity index (χ2n) is 5.44. The van der Waals surface area contributed by atoms with E-state index in [4.69, 9.17) is 9.47 Å². The highest BCUT2D eigenvalue weighted by atomic mass is 79.9. The molecule has 0 amide bonds. The smallest absolute Gasteiger partial charge is 0.119 e. The standard InChI is InChI=1S/C21H18BrNO2/c1-24-20-12-8-19(9-13-20)23-14-16-4-10-21(11-5-16)25-15-17-2-6-18(22)7-3-17/h2-14H,15H2,1H3. The van der Waals surface area contributed by atoms with Crippen LogP contribution in [0.5, 0.6) is 11.5 Å². The van der Waals surface area contributed by atoms with Crippen LogP contribution in [0.15, 0.2) is 82.3 Å². The summed E-state index contributed by atoms with van der Waals surface area (Å²) in [6.07, 6.45) is 1.83. The summed E-state index contributed by atoms with van der Waals surface area (Å²) in [6.45, 7) is 0.548. The van der Waals surface area contributed by atoms with Gasteiger partial charge in [-0.15, -0.1) is 0 Å². The minimum atomic E-state index is 0.548. The van der Waals surface area contributed by atoms with Crippen molar-refractivity contribution in [3.63, 3.8) is 0 Å². The van der Waals surface area contributed by atoms with Gasteiger partial charge in [-0.05, 0) is 71.8 Å². The largest absolute Gasteiger partial charge is 0.497 e. The second kappa shape index (κ2) is 8.49. The zero-order chi connectivity index (χ0) is 17.5. The first-order chi connectivity index (χ1) is 12.2. The molecule has 3 rings (SSSR count). The lowest BCUT2D eigenvalue weighted by molar-refractivity contribution is 0.306. The Morgan fingerprint density at radius 2 is 1.48 bits per heavy atom. The number of ether oxygens (including phenoxy) is 2. The summed E-state index contributed by atoms with van der Waals surface area (Å²) >= 11 is 3.43. The molecule has 0 unspecified atom stereocenters. The summed E-state index contributed by atoms with van der Waals surface area (Å²) in [7, 11) is 1.65. The highest BCUT2D eigenvalue weighted by molar-refractivity contribution is 9.10. The monoisotopic (exact) mass is 395 g/mol. The minimum absolute atomic E-state index is 0.548. The lowest BCUT2D eigenvalue weighted by Gasteiger charge is -2.06. The van der Waals surface area contributed by atoms with Gasteiger partial charge in [0.05, 0.1) is 12.8 Å². The molecule has 0 radical (unpaired) electrons. The number of hydrogen-bond acceptors (Lipinski definition) is 3. The third-order valence-corrected chi connectivity index (χ3v) is 4.16. The summed E-state index contributed by atoms with van der Waals surface area (Å²) in [5.74, 6) is 1.66. The van der Waals surface area contributed by atoms with Crippen LogP contribution in [0.4, 0.5) is 5.69 Å². The zero-order valence-electron chi connectivity index (χ0n) is 13.9. The van der Waals surface area contributed by atoms with E-state index in [0.717, 1.165) is 32.8 Å². The van der Waals surface area contributed by atoms with E-state index in [2.05, 4.69) is 20.9 Å². The molecule has 4 heteroatoms. The fourth-order valence-electron chi connectivity index (χ4n) is 2.21. The lowest BCUT2D eigenvalue weighted by atomic mass is 10.2. The fourth-order valence-corrected chi connectivity index (χ4v) is 2.48. The van der Waals surface area contributed by atoms with Crippen molar-refractivity contribution in [2.45, 2.75) is 6.61 Å². The van der Waals surface area contributed by atoms with Gasteiger partial charge in [0, 0.05) is 10.7 Å². The number of rotatable bonds is 6. The predicted molar refractivity (Wildman–Crippen MR) is 105 cm³/mol. The molecule has 0 aromatic heterocycles. The molecule has 3 aromatic rings. The molecule has 0 aliphatic heterocycles. The van der Waals surface area contributed by atoms with E-state index in [-0.39, 0.29) is 0 Å². The summed E-state index contributed by atoms with van der Waals surface area (Å²) in [5.41, 5.74) is 3.04. The van der Waals surface area contributed by atoms with Crippen LogP contribution in [0.2, 0.25) is 0 Å². The first-order valence-electron chi connectivity index (χ1n) is 7.88. The summed E-state index contributed by atoms with van der Waals surface area (Å²) in [5, 5.41) is 0. The molecule has 0 fully saturated rings. The van der Waals surface area contributed by atoms with Crippen LogP contribution in [-0.4, -0.2) is 13.3 Å². The molecule has 0 spiro atoms. The topological polar surface area (TPSA) is 30.8 Å². The van der Waals surface area contributed by atoms with E-state index >= 15 is 0 Å². The van der Waals surface area contributed by atoms with E-state index < -0.39 is 0 Å². The van der Waals surface area contributed by atoms with Crippen molar-refractivity contribution < 1.29 is 9.47 Å². The van der Waals surface area contributed by atoms with Gasteiger partial charge in [0.2, 0.25) is 0 Å². The van der Waals surface area contributed by atoms with Crippen LogP contribution >= 0.6 is 15.9 Å².